The van der Waals surface area contributed by atoms with Gasteiger partial charge in [-0.25, -0.2) is 0 Å². The first-order valence-electron chi connectivity index (χ1n) is 12.8. The predicted molar refractivity (Wildman–Crippen MR) is 150 cm³/mol. The van der Waals surface area contributed by atoms with Crippen molar-refractivity contribution in [3.63, 3.8) is 0 Å². The number of benzene rings is 3. The van der Waals surface area contributed by atoms with Crippen LogP contribution >= 0.6 is 11.6 Å². The van der Waals surface area contributed by atoms with E-state index in [1.165, 1.54) is 0 Å². The zero-order chi connectivity index (χ0) is 26.9. The van der Waals surface area contributed by atoms with Gasteiger partial charge in [0.25, 0.3) is 5.91 Å². The average Bonchev–Trinajstić information content (AvgIpc) is 2.88. The van der Waals surface area contributed by atoms with Crippen molar-refractivity contribution in [3.8, 4) is 5.75 Å². The Morgan fingerprint density at radius 2 is 1.68 bits per heavy atom. The fourth-order valence-electron chi connectivity index (χ4n) is 4.18. The summed E-state index contributed by atoms with van der Waals surface area (Å²) < 4.78 is 6.04. The quantitative estimate of drug-likeness (QED) is 0.327. The fraction of sp³-hybridized carbons (Fsp3) is 0.355. The number of hydrogen-bond donors (Lipinski definition) is 1. The lowest BCUT2D eigenvalue weighted by atomic mass is 10.0. The van der Waals surface area contributed by atoms with Crippen LogP contribution in [0, 0.1) is 20.8 Å². The van der Waals surface area contributed by atoms with E-state index >= 15 is 0 Å². The van der Waals surface area contributed by atoms with E-state index in [0.29, 0.717) is 17.2 Å². The fourth-order valence-corrected chi connectivity index (χ4v) is 4.37. The molecule has 5 nitrogen and oxygen atoms in total. The van der Waals surface area contributed by atoms with E-state index in [1.807, 2.05) is 89.2 Å². The summed E-state index contributed by atoms with van der Waals surface area (Å²) in [5.74, 6) is 0.201. The molecule has 0 radical (unpaired) electrons. The molecule has 2 amide bonds. The number of carbonyl (C=O) groups is 2. The normalized spacial score (nSPS) is 12.5. The molecule has 0 aliphatic rings. The van der Waals surface area contributed by atoms with Crippen molar-refractivity contribution in [3.05, 3.63) is 99.6 Å². The van der Waals surface area contributed by atoms with Gasteiger partial charge in [-0.3, -0.25) is 9.59 Å². The van der Waals surface area contributed by atoms with Gasteiger partial charge >= 0.3 is 0 Å². The molecule has 0 saturated heterocycles. The van der Waals surface area contributed by atoms with Gasteiger partial charge < -0.3 is 15.0 Å². The second-order valence-corrected chi connectivity index (χ2v) is 10.0. The van der Waals surface area contributed by atoms with Gasteiger partial charge in [0, 0.05) is 24.0 Å². The summed E-state index contributed by atoms with van der Waals surface area (Å²) in [4.78, 5) is 29.0. The van der Waals surface area contributed by atoms with Crippen molar-refractivity contribution < 1.29 is 14.3 Å². The summed E-state index contributed by atoms with van der Waals surface area (Å²) >= 11 is 6.48. The van der Waals surface area contributed by atoms with Crippen LogP contribution < -0.4 is 10.1 Å². The number of hydrogen-bond acceptors (Lipinski definition) is 3. The number of nitrogens with one attached hydrogen (secondary N) is 1. The van der Waals surface area contributed by atoms with Crippen LogP contribution in [-0.4, -0.2) is 35.4 Å². The number of rotatable bonds is 11. The van der Waals surface area contributed by atoms with Crippen LogP contribution in [0.3, 0.4) is 0 Å². The first-order chi connectivity index (χ1) is 17.7. The molecule has 6 heteroatoms. The van der Waals surface area contributed by atoms with Gasteiger partial charge in [0.15, 0.2) is 6.61 Å². The molecule has 0 aliphatic heterocycles. The largest absolute Gasteiger partial charge is 0.483 e. The first-order valence-corrected chi connectivity index (χ1v) is 13.1. The lowest BCUT2D eigenvalue weighted by Crippen LogP contribution is -2.53. The number of aryl methyl sites for hydroxylation is 2. The van der Waals surface area contributed by atoms with Crippen molar-refractivity contribution in [2.45, 2.75) is 66.1 Å². The molecule has 2 unspecified atom stereocenters. The number of halogens is 1. The Bertz CT molecular complexity index is 1210. The standard InChI is InChI=1S/C31H37ClN2O3/c1-6-23(4)33-31(36)28(18-25-12-8-7-9-13-25)34(19-26-14-10-11-15-27(26)32)30(35)20-37-29-17-21(2)16-22(3)24(29)5/h7-17,23,28H,6,18-20H2,1-5H3,(H,33,36). The highest BCUT2D eigenvalue weighted by Gasteiger charge is 2.31. The van der Waals surface area contributed by atoms with Gasteiger partial charge in [0.05, 0.1) is 0 Å². The summed E-state index contributed by atoms with van der Waals surface area (Å²) in [7, 11) is 0. The molecule has 0 spiro atoms. The van der Waals surface area contributed by atoms with E-state index in [0.717, 1.165) is 34.2 Å². The first kappa shape index (κ1) is 28.3. The molecule has 0 aromatic heterocycles. The van der Waals surface area contributed by atoms with Crippen molar-refractivity contribution >= 4 is 23.4 Å². The minimum absolute atomic E-state index is 0.0165. The monoisotopic (exact) mass is 520 g/mol. The van der Waals surface area contributed by atoms with Crippen LogP contribution in [0.5, 0.6) is 5.75 Å². The summed E-state index contributed by atoms with van der Waals surface area (Å²) in [6.45, 7) is 9.99. The zero-order valence-corrected chi connectivity index (χ0v) is 23.1. The topological polar surface area (TPSA) is 58.6 Å². The molecule has 3 rings (SSSR count). The van der Waals surface area contributed by atoms with E-state index in [4.69, 9.17) is 16.3 Å². The van der Waals surface area contributed by atoms with E-state index in [1.54, 1.807) is 11.0 Å². The maximum atomic E-state index is 13.8. The minimum Gasteiger partial charge on any atom is -0.483 e. The Morgan fingerprint density at radius 3 is 2.35 bits per heavy atom. The molecule has 1 N–H and O–H groups in total. The van der Waals surface area contributed by atoms with E-state index in [2.05, 4.69) is 11.4 Å². The molecule has 0 aliphatic carbocycles. The molecule has 0 bridgehead atoms. The van der Waals surface area contributed by atoms with Crippen molar-refractivity contribution in [1.82, 2.24) is 10.2 Å². The highest BCUT2D eigenvalue weighted by atomic mass is 35.5. The molecular weight excluding hydrogens is 484 g/mol. The second-order valence-electron chi connectivity index (χ2n) is 9.63. The smallest absolute Gasteiger partial charge is 0.261 e. The summed E-state index contributed by atoms with van der Waals surface area (Å²) in [5.41, 5.74) is 4.90. The molecule has 196 valence electrons. The van der Waals surface area contributed by atoms with Crippen LogP contribution in [0.15, 0.2) is 66.7 Å². The maximum absolute atomic E-state index is 13.8. The summed E-state index contributed by atoms with van der Waals surface area (Å²) in [6, 6.07) is 20.4. The van der Waals surface area contributed by atoms with Gasteiger partial charge in [-0.2, -0.15) is 0 Å². The molecule has 3 aromatic rings. The average molecular weight is 521 g/mol. The van der Waals surface area contributed by atoms with Gasteiger partial charge in [-0.05, 0) is 74.1 Å². The Labute approximate surface area is 225 Å². The molecule has 0 saturated carbocycles. The molecule has 0 fully saturated rings. The number of ether oxygens (including phenoxy) is 1. The highest BCUT2D eigenvalue weighted by Crippen LogP contribution is 2.24. The Hall–Kier alpha value is -3.31. The summed E-state index contributed by atoms with van der Waals surface area (Å²) in [6.07, 6.45) is 1.17. The number of amides is 2. The van der Waals surface area contributed by atoms with Crippen molar-refractivity contribution in [1.29, 1.82) is 0 Å². The number of nitrogens with zero attached hydrogens (tertiary/aromatic N) is 1. The van der Waals surface area contributed by atoms with Crippen LogP contribution in [0.4, 0.5) is 0 Å². The Kier molecular flexibility index (Phi) is 10.2. The highest BCUT2D eigenvalue weighted by molar-refractivity contribution is 6.31. The minimum atomic E-state index is -0.732. The van der Waals surface area contributed by atoms with Crippen molar-refractivity contribution in [2.24, 2.45) is 0 Å². The van der Waals surface area contributed by atoms with Gasteiger partial charge in [-0.1, -0.05) is 73.1 Å². The third kappa shape index (κ3) is 7.83. The van der Waals surface area contributed by atoms with Crippen LogP contribution in [-0.2, 0) is 22.6 Å². The van der Waals surface area contributed by atoms with Crippen LogP contribution in [0.2, 0.25) is 5.02 Å². The third-order valence-corrected chi connectivity index (χ3v) is 7.05. The Balaban J connectivity index is 1.96. The van der Waals surface area contributed by atoms with Crippen LogP contribution in [0.25, 0.3) is 0 Å². The van der Waals surface area contributed by atoms with E-state index in [-0.39, 0.29) is 31.0 Å². The molecule has 0 heterocycles. The lowest BCUT2D eigenvalue weighted by Gasteiger charge is -2.32. The van der Waals surface area contributed by atoms with Crippen molar-refractivity contribution in [2.75, 3.05) is 6.61 Å². The van der Waals surface area contributed by atoms with Gasteiger partial charge in [0.2, 0.25) is 5.91 Å². The maximum Gasteiger partial charge on any atom is 0.261 e. The molecular formula is C31H37ClN2O3. The lowest BCUT2D eigenvalue weighted by molar-refractivity contribution is -0.143. The van der Waals surface area contributed by atoms with E-state index in [9.17, 15) is 9.59 Å². The molecule has 2 atom stereocenters. The zero-order valence-electron chi connectivity index (χ0n) is 22.4. The number of carbonyl (C=O) groups excluding carboxylic acids is 2. The van der Waals surface area contributed by atoms with Gasteiger partial charge in [-0.15, -0.1) is 0 Å². The summed E-state index contributed by atoms with van der Waals surface area (Å²) in [5, 5.41) is 3.63. The van der Waals surface area contributed by atoms with E-state index < -0.39 is 6.04 Å². The van der Waals surface area contributed by atoms with Gasteiger partial charge in [0.1, 0.15) is 11.8 Å². The van der Waals surface area contributed by atoms with Crippen LogP contribution in [0.1, 0.15) is 48.1 Å². The predicted octanol–water partition coefficient (Wildman–Crippen LogP) is 6.20. The third-order valence-electron chi connectivity index (χ3n) is 6.69. The SMILES string of the molecule is CCC(C)NC(=O)C(Cc1ccccc1)N(Cc1ccccc1Cl)C(=O)COc1cc(C)cc(C)c1C. The Morgan fingerprint density at radius 1 is 1.00 bits per heavy atom. The molecule has 3 aromatic carbocycles. The second kappa shape index (κ2) is 13.3. The molecule has 37 heavy (non-hydrogen) atoms.